The first-order valence-electron chi connectivity index (χ1n) is 7.24. The number of carbonyl (C=O) groups excluding carboxylic acids is 1. The Hall–Kier alpha value is -2.78. The molecule has 0 saturated carbocycles. The average Bonchev–Trinajstić information content (AvgIpc) is 3.02. The molecule has 0 aliphatic heterocycles. The van der Waals surface area contributed by atoms with Crippen molar-refractivity contribution in [2.45, 2.75) is 6.42 Å². The van der Waals surface area contributed by atoms with Crippen molar-refractivity contribution in [3.63, 3.8) is 0 Å². The lowest BCUT2D eigenvalue weighted by atomic mass is 10.2. The number of amides is 1. The molecule has 0 unspecified atom stereocenters. The fraction of sp³-hybridized carbons (Fsp3) is 0.294. The van der Waals surface area contributed by atoms with E-state index < -0.39 is 0 Å². The van der Waals surface area contributed by atoms with Gasteiger partial charge in [0.15, 0.2) is 0 Å². The fourth-order valence-corrected chi connectivity index (χ4v) is 2.23. The van der Waals surface area contributed by atoms with Crippen LogP contribution < -0.4 is 10.1 Å². The van der Waals surface area contributed by atoms with Crippen molar-refractivity contribution in [1.29, 1.82) is 5.26 Å². The van der Waals surface area contributed by atoms with Gasteiger partial charge in [0.25, 0.3) is 5.91 Å². The molecule has 1 N–H and O–H groups in total. The minimum absolute atomic E-state index is 0.287. The van der Waals surface area contributed by atoms with Gasteiger partial charge in [0.05, 0.1) is 12.7 Å². The van der Waals surface area contributed by atoms with Gasteiger partial charge in [-0.1, -0.05) is 6.07 Å². The number of benzene rings is 1. The number of nitrogens with one attached hydrogen (secondary N) is 1. The van der Waals surface area contributed by atoms with Crippen LogP contribution in [-0.4, -0.2) is 37.8 Å². The molecule has 6 nitrogen and oxygen atoms in total. The maximum Gasteiger partial charge on any atom is 0.269 e. The van der Waals surface area contributed by atoms with Crippen molar-refractivity contribution in [3.8, 4) is 17.5 Å². The second-order valence-corrected chi connectivity index (χ2v) is 4.86. The van der Waals surface area contributed by atoms with Gasteiger partial charge in [-0.05, 0) is 24.6 Å². The number of nitriles is 1. The summed E-state index contributed by atoms with van der Waals surface area (Å²) in [5.74, 6) is 0.395. The number of hydrogen-bond donors (Lipinski definition) is 1. The van der Waals surface area contributed by atoms with Gasteiger partial charge in [-0.2, -0.15) is 5.26 Å². The Bertz CT molecular complexity index is 716. The maximum absolute atomic E-state index is 12.4. The van der Waals surface area contributed by atoms with Crippen molar-refractivity contribution < 1.29 is 14.3 Å². The van der Waals surface area contributed by atoms with E-state index in [1.165, 1.54) is 0 Å². The average molecular weight is 313 g/mol. The van der Waals surface area contributed by atoms with Crippen LogP contribution in [0.5, 0.6) is 5.75 Å². The lowest BCUT2D eigenvalue weighted by Gasteiger charge is -2.11. The highest BCUT2D eigenvalue weighted by Crippen LogP contribution is 2.21. The lowest BCUT2D eigenvalue weighted by Crippen LogP contribution is -2.27. The van der Waals surface area contributed by atoms with E-state index in [2.05, 4.69) is 11.4 Å². The molecule has 120 valence electrons. The van der Waals surface area contributed by atoms with Crippen LogP contribution in [-0.2, 0) is 4.74 Å². The van der Waals surface area contributed by atoms with Crippen LogP contribution in [0.2, 0.25) is 0 Å². The van der Waals surface area contributed by atoms with Crippen LogP contribution in [0.4, 0.5) is 0 Å². The Labute approximate surface area is 135 Å². The summed E-state index contributed by atoms with van der Waals surface area (Å²) in [6.45, 7) is 1.06. The molecule has 6 heteroatoms. The van der Waals surface area contributed by atoms with Gasteiger partial charge >= 0.3 is 0 Å². The maximum atomic E-state index is 12.4. The molecule has 1 aromatic heterocycles. The van der Waals surface area contributed by atoms with Crippen molar-refractivity contribution >= 4 is 5.91 Å². The lowest BCUT2D eigenvalue weighted by molar-refractivity contribution is 0.0941. The van der Waals surface area contributed by atoms with E-state index in [1.807, 2.05) is 24.3 Å². The summed E-state index contributed by atoms with van der Waals surface area (Å²) in [5.41, 5.74) is 1.41. The van der Waals surface area contributed by atoms with Gasteiger partial charge in [0.1, 0.15) is 17.5 Å². The molecular weight excluding hydrogens is 294 g/mol. The number of hydrogen-bond acceptors (Lipinski definition) is 4. The predicted octanol–water partition coefficient (Wildman–Crippen LogP) is 2.12. The summed E-state index contributed by atoms with van der Waals surface area (Å²) < 4.78 is 11.9. The smallest absolute Gasteiger partial charge is 0.269 e. The van der Waals surface area contributed by atoms with Crippen molar-refractivity contribution in [2.24, 2.45) is 0 Å². The molecule has 2 rings (SSSR count). The van der Waals surface area contributed by atoms with Gasteiger partial charge in [-0.15, -0.1) is 0 Å². The minimum atomic E-state index is -0.287. The quantitative estimate of drug-likeness (QED) is 0.794. The normalized spacial score (nSPS) is 10.1. The summed E-state index contributed by atoms with van der Waals surface area (Å²) in [4.78, 5) is 12.4. The van der Waals surface area contributed by atoms with Gasteiger partial charge < -0.3 is 19.4 Å². The van der Waals surface area contributed by atoms with E-state index >= 15 is 0 Å². The zero-order valence-electron chi connectivity index (χ0n) is 13.2. The van der Waals surface area contributed by atoms with E-state index in [0.717, 1.165) is 5.69 Å². The molecular formula is C17H19N3O3. The van der Waals surface area contributed by atoms with Crippen LogP contribution in [0, 0.1) is 11.3 Å². The van der Waals surface area contributed by atoms with E-state index in [4.69, 9.17) is 9.47 Å². The zero-order valence-corrected chi connectivity index (χ0v) is 13.2. The van der Waals surface area contributed by atoms with E-state index in [0.29, 0.717) is 36.6 Å². The Morgan fingerprint density at radius 2 is 2.17 bits per heavy atom. The van der Waals surface area contributed by atoms with Crippen LogP contribution in [0.15, 0.2) is 36.5 Å². The number of nitrogens with zero attached hydrogens (tertiary/aromatic N) is 2. The molecule has 0 aliphatic carbocycles. The third-order valence-electron chi connectivity index (χ3n) is 3.36. The summed E-state index contributed by atoms with van der Waals surface area (Å²) in [7, 11) is 3.20. The second-order valence-electron chi connectivity index (χ2n) is 4.86. The van der Waals surface area contributed by atoms with Crippen LogP contribution in [0.25, 0.3) is 5.69 Å². The summed E-state index contributed by atoms with van der Waals surface area (Å²) in [5, 5.41) is 12.1. The van der Waals surface area contributed by atoms with E-state index in [-0.39, 0.29) is 5.91 Å². The highest BCUT2D eigenvalue weighted by atomic mass is 16.5. The Balaban J connectivity index is 2.29. The Morgan fingerprint density at radius 1 is 1.35 bits per heavy atom. The van der Waals surface area contributed by atoms with Gasteiger partial charge in [-0.25, -0.2) is 0 Å². The standard InChI is InChI=1S/C17H19N3O3/c1-22-10-4-8-19-17(21)16-13(12-18)7-9-20(16)14-5-3-6-15(11-14)23-2/h3,5-7,9,11H,4,8,10H2,1-2H3,(H,19,21). The number of methoxy groups -OCH3 is 2. The molecule has 2 aromatic rings. The molecule has 1 amide bonds. The Kier molecular flexibility index (Phi) is 5.78. The second kappa shape index (κ2) is 8.01. The summed E-state index contributed by atoms with van der Waals surface area (Å²) in [6, 6.07) is 11.0. The van der Waals surface area contributed by atoms with Crippen LogP contribution in [0.3, 0.4) is 0 Å². The molecule has 0 bridgehead atoms. The van der Waals surface area contributed by atoms with Gasteiger partial charge in [-0.3, -0.25) is 4.79 Å². The van der Waals surface area contributed by atoms with Crippen molar-refractivity contribution in [1.82, 2.24) is 9.88 Å². The number of rotatable bonds is 7. The molecule has 1 aromatic carbocycles. The third-order valence-corrected chi connectivity index (χ3v) is 3.36. The molecule has 0 aliphatic rings. The number of aromatic nitrogens is 1. The number of carbonyl (C=O) groups is 1. The topological polar surface area (TPSA) is 76.3 Å². The van der Waals surface area contributed by atoms with Gasteiger partial charge in [0, 0.05) is 38.2 Å². The first-order chi connectivity index (χ1) is 11.2. The molecule has 23 heavy (non-hydrogen) atoms. The first-order valence-corrected chi connectivity index (χ1v) is 7.24. The number of ether oxygens (including phenoxy) is 2. The van der Waals surface area contributed by atoms with E-state index in [9.17, 15) is 10.1 Å². The molecule has 0 fully saturated rings. The van der Waals surface area contributed by atoms with Gasteiger partial charge in [0.2, 0.25) is 0 Å². The van der Waals surface area contributed by atoms with Crippen molar-refractivity contribution in [2.75, 3.05) is 27.4 Å². The fourth-order valence-electron chi connectivity index (χ4n) is 2.23. The molecule has 0 atom stereocenters. The Morgan fingerprint density at radius 3 is 2.87 bits per heavy atom. The van der Waals surface area contributed by atoms with Crippen LogP contribution >= 0.6 is 0 Å². The third kappa shape index (κ3) is 3.90. The summed E-state index contributed by atoms with van der Waals surface area (Å²) in [6.07, 6.45) is 2.42. The summed E-state index contributed by atoms with van der Waals surface area (Å²) >= 11 is 0. The molecule has 0 spiro atoms. The minimum Gasteiger partial charge on any atom is -0.497 e. The monoisotopic (exact) mass is 313 g/mol. The van der Waals surface area contributed by atoms with Crippen molar-refractivity contribution in [3.05, 3.63) is 47.8 Å². The molecule has 0 radical (unpaired) electrons. The van der Waals surface area contributed by atoms with Crippen LogP contribution in [0.1, 0.15) is 22.5 Å². The highest BCUT2D eigenvalue weighted by Gasteiger charge is 2.18. The zero-order chi connectivity index (χ0) is 16.7. The SMILES string of the molecule is COCCCNC(=O)c1c(C#N)ccn1-c1cccc(OC)c1. The van der Waals surface area contributed by atoms with E-state index in [1.54, 1.807) is 31.0 Å². The first kappa shape index (κ1) is 16.6. The molecule has 0 saturated heterocycles. The largest absolute Gasteiger partial charge is 0.497 e. The molecule has 1 heterocycles. The highest BCUT2D eigenvalue weighted by molar-refractivity contribution is 5.95. The predicted molar refractivity (Wildman–Crippen MR) is 85.9 cm³/mol.